The molecule has 2 amide bonds. The number of fused-ring (bicyclic) bond motifs is 5. The smallest absolute Gasteiger partial charge is 0.246 e. The number of rotatable bonds is 4. The van der Waals surface area contributed by atoms with Crippen LogP contribution < -0.4 is 9.47 Å². The van der Waals surface area contributed by atoms with E-state index in [2.05, 4.69) is 9.88 Å². The maximum absolute atomic E-state index is 14.3. The van der Waals surface area contributed by atoms with Crippen molar-refractivity contribution in [2.45, 2.75) is 37.5 Å². The molecule has 0 bridgehead atoms. The molecule has 3 atom stereocenters. The van der Waals surface area contributed by atoms with Gasteiger partial charge in [-0.05, 0) is 41.8 Å². The van der Waals surface area contributed by atoms with Crippen molar-refractivity contribution >= 4 is 22.7 Å². The van der Waals surface area contributed by atoms with Gasteiger partial charge in [0.2, 0.25) is 18.6 Å². The van der Waals surface area contributed by atoms with Crippen molar-refractivity contribution in [1.82, 2.24) is 19.7 Å². The van der Waals surface area contributed by atoms with Gasteiger partial charge in [0.15, 0.2) is 11.5 Å². The Morgan fingerprint density at radius 1 is 0.976 bits per heavy atom. The van der Waals surface area contributed by atoms with E-state index < -0.39 is 23.7 Å². The third kappa shape index (κ3) is 3.96. The molecule has 5 heterocycles. The monoisotopic (exact) mass is 570 g/mol. The Kier molecular flexibility index (Phi) is 5.75. The number of nitrogens with zero attached hydrogens (tertiary/aromatic N) is 3. The fourth-order valence-corrected chi connectivity index (χ4v) is 7.13. The second kappa shape index (κ2) is 9.55. The van der Waals surface area contributed by atoms with Crippen LogP contribution in [0, 0.1) is 11.6 Å². The number of H-pyrrole nitrogens is 1. The Bertz CT molecular complexity index is 1760. The zero-order chi connectivity index (χ0) is 28.5. The predicted molar refractivity (Wildman–Crippen MR) is 149 cm³/mol. The Balaban J connectivity index is 1.12. The van der Waals surface area contributed by atoms with Crippen LogP contribution in [0.15, 0.2) is 60.7 Å². The molecule has 10 heteroatoms. The van der Waals surface area contributed by atoms with E-state index in [-0.39, 0.29) is 31.2 Å². The number of hydrogen-bond acceptors (Lipinski definition) is 5. The van der Waals surface area contributed by atoms with Crippen LogP contribution in [0.4, 0.5) is 8.78 Å². The van der Waals surface area contributed by atoms with Gasteiger partial charge in [-0.1, -0.05) is 30.3 Å². The van der Waals surface area contributed by atoms with E-state index >= 15 is 0 Å². The van der Waals surface area contributed by atoms with E-state index in [1.807, 2.05) is 42.5 Å². The minimum atomic E-state index is -0.656. The highest BCUT2D eigenvalue weighted by molar-refractivity contribution is 5.98. The lowest BCUT2D eigenvalue weighted by Crippen LogP contribution is -2.65. The highest BCUT2D eigenvalue weighted by Gasteiger charge is 2.50. The zero-order valence-electron chi connectivity index (χ0n) is 22.7. The quantitative estimate of drug-likeness (QED) is 0.399. The third-order valence-corrected chi connectivity index (χ3v) is 9.10. The number of ether oxygens (including phenoxy) is 2. The van der Waals surface area contributed by atoms with Crippen molar-refractivity contribution < 1.29 is 27.8 Å². The molecule has 2 saturated heterocycles. The zero-order valence-corrected chi connectivity index (χ0v) is 22.7. The van der Waals surface area contributed by atoms with Crippen LogP contribution >= 0.6 is 0 Å². The summed E-state index contributed by atoms with van der Waals surface area (Å²) in [5.41, 5.74) is 4.17. The van der Waals surface area contributed by atoms with E-state index in [0.29, 0.717) is 49.5 Å². The number of aromatic nitrogens is 1. The van der Waals surface area contributed by atoms with E-state index in [1.165, 1.54) is 12.1 Å². The lowest BCUT2D eigenvalue weighted by atomic mass is 9.85. The van der Waals surface area contributed by atoms with Crippen LogP contribution in [0.5, 0.6) is 11.5 Å². The molecule has 1 N–H and O–H groups in total. The second-order valence-corrected chi connectivity index (χ2v) is 11.5. The normalized spacial score (nSPS) is 23.5. The summed E-state index contributed by atoms with van der Waals surface area (Å²) in [7, 11) is 0. The van der Waals surface area contributed by atoms with Gasteiger partial charge in [0, 0.05) is 60.3 Å². The van der Waals surface area contributed by atoms with Gasteiger partial charge < -0.3 is 24.3 Å². The Labute approximate surface area is 240 Å². The summed E-state index contributed by atoms with van der Waals surface area (Å²) in [6.45, 7) is 1.62. The molecule has 8 nitrogen and oxygen atoms in total. The molecular weight excluding hydrogens is 542 g/mol. The first kappa shape index (κ1) is 25.3. The largest absolute Gasteiger partial charge is 0.454 e. The molecule has 0 saturated carbocycles. The number of aromatic amines is 1. The number of para-hydroxylation sites is 1. The molecule has 4 aromatic rings. The van der Waals surface area contributed by atoms with Gasteiger partial charge in [0.1, 0.15) is 24.2 Å². The SMILES string of the molecule is O=C1[C@H]2Cc3c([nH]c4ccccc34)[C@@H](c3ccc4c(c3)OCO4)N2C(=O)CN1[C@H]1CCN(Cc2ccc(F)cc2F)C1. The van der Waals surface area contributed by atoms with Crippen molar-refractivity contribution in [1.29, 1.82) is 0 Å². The number of carbonyl (C=O) groups excluding carboxylic acids is 2. The summed E-state index contributed by atoms with van der Waals surface area (Å²) in [6, 6.07) is 16.0. The maximum Gasteiger partial charge on any atom is 0.246 e. The van der Waals surface area contributed by atoms with Crippen LogP contribution in [-0.4, -0.2) is 70.0 Å². The average molecular weight is 571 g/mol. The summed E-state index contributed by atoms with van der Waals surface area (Å²) >= 11 is 0. The van der Waals surface area contributed by atoms with Crippen LogP contribution in [0.25, 0.3) is 10.9 Å². The minimum absolute atomic E-state index is 0.0185. The predicted octanol–water partition coefficient (Wildman–Crippen LogP) is 4.13. The number of hydrogen-bond donors (Lipinski definition) is 1. The first-order valence-electron chi connectivity index (χ1n) is 14.2. The second-order valence-electron chi connectivity index (χ2n) is 11.5. The topological polar surface area (TPSA) is 78.1 Å². The third-order valence-electron chi connectivity index (χ3n) is 9.10. The summed E-state index contributed by atoms with van der Waals surface area (Å²) in [5, 5.41) is 1.05. The number of halogens is 2. The fraction of sp³-hybridized carbons (Fsp3) is 0.312. The molecule has 0 spiro atoms. The van der Waals surface area contributed by atoms with Crippen LogP contribution in [0.2, 0.25) is 0 Å². The standard InChI is InChI=1S/C32H28F2N4O4/c33-20-7-5-19(24(34)12-20)14-36-10-9-21(15-36)37-16-29(39)38-26(32(37)40)13-23-22-3-1-2-4-25(22)35-30(23)31(38)18-6-8-27-28(11-18)42-17-41-27/h1-8,11-12,21,26,31,35H,9-10,13-17H2/t21-,26+,31+/m0/s1. The van der Waals surface area contributed by atoms with Crippen LogP contribution in [-0.2, 0) is 22.6 Å². The molecule has 0 aliphatic carbocycles. The van der Waals surface area contributed by atoms with Crippen molar-refractivity contribution in [3.05, 3.63) is 94.7 Å². The van der Waals surface area contributed by atoms with Gasteiger partial charge in [-0.3, -0.25) is 14.5 Å². The minimum Gasteiger partial charge on any atom is -0.454 e. The van der Waals surface area contributed by atoms with Crippen LogP contribution in [0.1, 0.15) is 34.8 Å². The van der Waals surface area contributed by atoms with E-state index in [1.54, 1.807) is 9.80 Å². The number of piperazine rings is 1. The first-order valence-corrected chi connectivity index (χ1v) is 14.2. The molecule has 42 heavy (non-hydrogen) atoms. The fourth-order valence-electron chi connectivity index (χ4n) is 7.13. The van der Waals surface area contributed by atoms with Gasteiger partial charge >= 0.3 is 0 Å². The molecule has 4 aliphatic rings. The van der Waals surface area contributed by atoms with Crippen molar-refractivity contribution in [3.8, 4) is 11.5 Å². The lowest BCUT2D eigenvalue weighted by Gasteiger charge is -2.48. The van der Waals surface area contributed by atoms with Crippen LogP contribution in [0.3, 0.4) is 0 Å². The summed E-state index contributed by atoms with van der Waals surface area (Å²) in [6.07, 6.45) is 1.09. The number of amides is 2. The number of benzene rings is 3. The molecule has 0 radical (unpaired) electrons. The Hall–Kier alpha value is -4.44. The number of carbonyl (C=O) groups is 2. The molecule has 2 fully saturated rings. The van der Waals surface area contributed by atoms with Gasteiger partial charge in [-0.25, -0.2) is 8.78 Å². The maximum atomic E-state index is 14.3. The van der Waals surface area contributed by atoms with Gasteiger partial charge in [-0.2, -0.15) is 0 Å². The summed E-state index contributed by atoms with van der Waals surface area (Å²) in [5.74, 6) is -0.104. The Morgan fingerprint density at radius 2 is 1.83 bits per heavy atom. The Morgan fingerprint density at radius 3 is 2.71 bits per heavy atom. The highest BCUT2D eigenvalue weighted by atomic mass is 19.1. The lowest BCUT2D eigenvalue weighted by molar-refractivity contribution is -0.160. The van der Waals surface area contributed by atoms with Crippen molar-refractivity contribution in [2.24, 2.45) is 0 Å². The highest BCUT2D eigenvalue weighted by Crippen LogP contribution is 2.45. The van der Waals surface area contributed by atoms with E-state index in [4.69, 9.17) is 9.47 Å². The van der Waals surface area contributed by atoms with E-state index in [0.717, 1.165) is 33.8 Å². The van der Waals surface area contributed by atoms with Crippen molar-refractivity contribution in [2.75, 3.05) is 26.4 Å². The first-order chi connectivity index (χ1) is 20.4. The molecule has 4 aliphatic heterocycles. The van der Waals surface area contributed by atoms with E-state index in [9.17, 15) is 18.4 Å². The summed E-state index contributed by atoms with van der Waals surface area (Å²) < 4.78 is 38.9. The van der Waals surface area contributed by atoms with Crippen molar-refractivity contribution in [3.63, 3.8) is 0 Å². The molecule has 214 valence electrons. The molecule has 1 aromatic heterocycles. The number of likely N-dealkylation sites (tertiary alicyclic amines) is 1. The molecular formula is C32H28F2N4O4. The van der Waals surface area contributed by atoms with Gasteiger partial charge in [0.05, 0.1) is 6.04 Å². The number of nitrogens with one attached hydrogen (secondary N) is 1. The molecule has 8 rings (SSSR count). The average Bonchev–Trinajstić information content (AvgIpc) is 3.73. The van der Waals surface area contributed by atoms with Gasteiger partial charge in [-0.15, -0.1) is 0 Å². The molecule has 0 unspecified atom stereocenters. The molecule has 3 aromatic carbocycles. The van der Waals surface area contributed by atoms with Gasteiger partial charge in [0.25, 0.3) is 0 Å². The summed E-state index contributed by atoms with van der Waals surface area (Å²) in [4.78, 5) is 37.3.